The van der Waals surface area contributed by atoms with E-state index in [2.05, 4.69) is 26.1 Å². The average molecular weight is 474 g/mol. The van der Waals surface area contributed by atoms with Gasteiger partial charge in [0.2, 0.25) is 0 Å². The van der Waals surface area contributed by atoms with Crippen LogP contribution in [-0.4, -0.2) is 47.0 Å². The van der Waals surface area contributed by atoms with E-state index in [-0.39, 0.29) is 35.8 Å². The number of hydrogen-bond acceptors (Lipinski definition) is 5. The highest BCUT2D eigenvalue weighted by Crippen LogP contribution is 2.44. The molecule has 182 valence electrons. The van der Waals surface area contributed by atoms with Crippen LogP contribution in [0.2, 0.25) is 18.1 Å². The van der Waals surface area contributed by atoms with Crippen LogP contribution < -0.4 is 5.32 Å². The molecule has 0 heterocycles. The second-order valence-corrected chi connectivity index (χ2v) is 14.8. The van der Waals surface area contributed by atoms with Gasteiger partial charge in [0, 0.05) is 18.2 Å². The Morgan fingerprint density at radius 3 is 2.24 bits per heavy atom. The maximum atomic E-state index is 10.9. The van der Waals surface area contributed by atoms with E-state index >= 15 is 0 Å². The highest BCUT2D eigenvalue weighted by Gasteiger charge is 2.40. The summed E-state index contributed by atoms with van der Waals surface area (Å²) in [7, 11) is -2.42. The third-order valence-electron chi connectivity index (χ3n) is 6.79. The lowest BCUT2D eigenvalue weighted by Crippen LogP contribution is -2.41. The Kier molecular flexibility index (Phi) is 9.26. The zero-order chi connectivity index (χ0) is 24.8. The van der Waals surface area contributed by atoms with Crippen molar-refractivity contribution in [2.24, 2.45) is 0 Å². The SMILES string of the molecule is C[C@H](Cc1ccc(CC(=O)O)cc1)NC[C@H](CC(C)(C)[Si](C)(C)O)c1ccc(O)c(CO)c1. The summed E-state index contributed by atoms with van der Waals surface area (Å²) in [6.07, 6.45) is 1.61. The van der Waals surface area contributed by atoms with Gasteiger partial charge in [-0.25, -0.2) is 0 Å². The molecule has 0 spiro atoms. The van der Waals surface area contributed by atoms with Crippen molar-refractivity contribution in [3.8, 4) is 5.75 Å². The second-order valence-electron chi connectivity index (χ2n) is 10.3. The molecule has 0 radical (unpaired) electrons. The largest absolute Gasteiger partial charge is 0.508 e. The van der Waals surface area contributed by atoms with E-state index in [1.165, 1.54) is 0 Å². The molecule has 33 heavy (non-hydrogen) atoms. The van der Waals surface area contributed by atoms with Gasteiger partial charge in [-0.2, -0.15) is 0 Å². The van der Waals surface area contributed by atoms with Crippen LogP contribution in [0.15, 0.2) is 42.5 Å². The van der Waals surface area contributed by atoms with Gasteiger partial charge in [-0.15, -0.1) is 0 Å². The first kappa shape index (κ1) is 27.1. The smallest absolute Gasteiger partial charge is 0.307 e. The van der Waals surface area contributed by atoms with Crippen LogP contribution in [0.25, 0.3) is 0 Å². The van der Waals surface area contributed by atoms with Crippen LogP contribution in [0.1, 0.15) is 55.4 Å². The van der Waals surface area contributed by atoms with Gasteiger partial charge in [0.25, 0.3) is 0 Å². The monoisotopic (exact) mass is 473 g/mol. The number of rotatable bonds is 12. The molecule has 2 atom stereocenters. The van der Waals surface area contributed by atoms with E-state index in [1.807, 2.05) is 49.5 Å². The van der Waals surface area contributed by atoms with E-state index in [0.717, 1.165) is 29.5 Å². The molecule has 6 nitrogen and oxygen atoms in total. The zero-order valence-corrected chi connectivity index (χ0v) is 21.4. The van der Waals surface area contributed by atoms with Crippen molar-refractivity contribution in [3.05, 3.63) is 64.7 Å². The number of aliphatic hydroxyl groups is 1. The molecule has 0 aliphatic carbocycles. The molecule has 0 aliphatic rings. The summed E-state index contributed by atoms with van der Waals surface area (Å²) in [4.78, 5) is 21.7. The first-order chi connectivity index (χ1) is 15.3. The van der Waals surface area contributed by atoms with Gasteiger partial charge in [0.1, 0.15) is 5.75 Å². The summed E-state index contributed by atoms with van der Waals surface area (Å²) in [6, 6.07) is 13.3. The number of phenols is 1. The second kappa shape index (κ2) is 11.3. The molecule has 0 unspecified atom stereocenters. The van der Waals surface area contributed by atoms with Crippen molar-refractivity contribution in [2.45, 2.75) is 76.7 Å². The third kappa shape index (κ3) is 7.96. The summed E-state index contributed by atoms with van der Waals surface area (Å²) >= 11 is 0. The van der Waals surface area contributed by atoms with Gasteiger partial charge < -0.3 is 25.4 Å². The number of benzene rings is 2. The summed E-state index contributed by atoms with van der Waals surface area (Å²) in [5, 5.41) is 31.9. The Labute approximate surface area is 198 Å². The summed E-state index contributed by atoms with van der Waals surface area (Å²) in [6.45, 7) is 10.7. The first-order valence-electron chi connectivity index (χ1n) is 11.5. The number of aliphatic carboxylic acids is 1. The van der Waals surface area contributed by atoms with Gasteiger partial charge in [-0.05, 0) is 72.6 Å². The Morgan fingerprint density at radius 1 is 1.09 bits per heavy atom. The minimum Gasteiger partial charge on any atom is -0.508 e. The predicted octanol–water partition coefficient (Wildman–Crippen LogP) is 4.18. The minimum atomic E-state index is -2.42. The van der Waals surface area contributed by atoms with Crippen molar-refractivity contribution < 1.29 is 24.9 Å². The van der Waals surface area contributed by atoms with Crippen LogP contribution in [0.5, 0.6) is 5.75 Å². The lowest BCUT2D eigenvalue weighted by atomic mass is 9.88. The summed E-state index contributed by atoms with van der Waals surface area (Å²) < 4.78 is 0. The molecular weight excluding hydrogens is 434 g/mol. The molecule has 2 aromatic rings. The molecule has 0 fully saturated rings. The first-order valence-corrected chi connectivity index (χ1v) is 14.4. The fraction of sp³-hybridized carbons (Fsp3) is 0.500. The summed E-state index contributed by atoms with van der Waals surface area (Å²) in [5.41, 5.74) is 3.46. The van der Waals surface area contributed by atoms with Gasteiger partial charge in [0.05, 0.1) is 13.0 Å². The van der Waals surface area contributed by atoms with Crippen LogP contribution in [0.3, 0.4) is 0 Å². The van der Waals surface area contributed by atoms with Crippen molar-refractivity contribution in [2.75, 3.05) is 6.54 Å². The number of aromatic hydroxyl groups is 1. The van der Waals surface area contributed by atoms with Crippen LogP contribution >= 0.6 is 0 Å². The molecule has 0 amide bonds. The number of aliphatic hydroxyl groups excluding tert-OH is 1. The Hall–Kier alpha value is -2.19. The molecule has 0 saturated carbocycles. The lowest BCUT2D eigenvalue weighted by molar-refractivity contribution is -0.136. The number of carboxylic acid groups (broad SMARTS) is 1. The highest BCUT2D eigenvalue weighted by atomic mass is 28.4. The van der Waals surface area contributed by atoms with Crippen LogP contribution in [-0.2, 0) is 24.2 Å². The quantitative estimate of drug-likeness (QED) is 0.296. The van der Waals surface area contributed by atoms with E-state index < -0.39 is 14.3 Å². The molecule has 0 bridgehead atoms. The predicted molar refractivity (Wildman–Crippen MR) is 134 cm³/mol. The normalized spacial score (nSPS) is 14.2. The molecule has 0 aliphatic heterocycles. The average Bonchev–Trinajstić information content (AvgIpc) is 2.71. The van der Waals surface area contributed by atoms with Crippen molar-refractivity contribution >= 4 is 14.3 Å². The molecule has 7 heteroatoms. The number of carbonyl (C=O) groups is 1. The van der Waals surface area contributed by atoms with E-state index in [4.69, 9.17) is 5.11 Å². The van der Waals surface area contributed by atoms with Gasteiger partial charge in [-0.1, -0.05) is 44.2 Å². The number of hydrogen-bond donors (Lipinski definition) is 5. The standard InChI is InChI=1S/C26H39NO5Si/c1-18(12-19-6-8-20(9-7-19)13-25(30)31)27-16-23(15-26(2,3)33(4,5)32)21-10-11-24(29)22(14-21)17-28/h6-11,14,18,23,27-29,32H,12-13,15-17H2,1-5H3,(H,30,31)/t18-,23+/m1/s1. The Bertz CT molecular complexity index is 921. The van der Waals surface area contributed by atoms with Crippen LogP contribution in [0, 0.1) is 0 Å². The highest BCUT2D eigenvalue weighted by molar-refractivity contribution is 6.72. The zero-order valence-electron chi connectivity index (χ0n) is 20.4. The van der Waals surface area contributed by atoms with Crippen LogP contribution in [0.4, 0.5) is 0 Å². The van der Waals surface area contributed by atoms with Crippen molar-refractivity contribution in [1.82, 2.24) is 5.32 Å². The van der Waals surface area contributed by atoms with Crippen molar-refractivity contribution in [1.29, 1.82) is 0 Å². The minimum absolute atomic E-state index is 0.0263. The fourth-order valence-electron chi connectivity index (χ4n) is 3.90. The maximum Gasteiger partial charge on any atom is 0.307 e. The number of carboxylic acids is 1. The van der Waals surface area contributed by atoms with Gasteiger partial charge in [-0.3, -0.25) is 4.79 Å². The molecule has 2 rings (SSSR count). The molecular formula is C26H39NO5Si. The molecule has 0 saturated heterocycles. The molecule has 2 aromatic carbocycles. The number of nitrogens with one attached hydrogen (secondary N) is 1. The topological polar surface area (TPSA) is 110 Å². The van der Waals surface area contributed by atoms with E-state index in [0.29, 0.717) is 12.1 Å². The maximum absolute atomic E-state index is 10.9. The Morgan fingerprint density at radius 2 is 1.70 bits per heavy atom. The third-order valence-corrected chi connectivity index (χ3v) is 10.3. The van der Waals surface area contributed by atoms with Crippen molar-refractivity contribution in [3.63, 3.8) is 0 Å². The van der Waals surface area contributed by atoms with Gasteiger partial charge >= 0.3 is 5.97 Å². The van der Waals surface area contributed by atoms with E-state index in [1.54, 1.807) is 6.07 Å². The summed E-state index contributed by atoms with van der Waals surface area (Å²) in [5.74, 6) is -0.645. The van der Waals surface area contributed by atoms with E-state index in [9.17, 15) is 19.8 Å². The van der Waals surface area contributed by atoms with Gasteiger partial charge in [0.15, 0.2) is 8.32 Å². The molecule has 5 N–H and O–H groups in total. The molecule has 0 aromatic heterocycles. The lowest BCUT2D eigenvalue weighted by Gasteiger charge is -2.38. The fourth-order valence-corrected chi connectivity index (χ4v) is 4.64. The Balaban J connectivity index is 2.13.